The zero-order valence-electron chi connectivity index (χ0n) is 12.9. The predicted octanol–water partition coefficient (Wildman–Crippen LogP) is 2.07. The third-order valence-electron chi connectivity index (χ3n) is 4.16. The quantitative estimate of drug-likeness (QED) is 0.870. The molecule has 1 atom stereocenters. The van der Waals surface area contributed by atoms with Crippen LogP contribution >= 0.6 is 0 Å². The summed E-state index contributed by atoms with van der Waals surface area (Å²) in [6, 6.07) is 5.78. The molecule has 1 aromatic heterocycles. The van der Waals surface area contributed by atoms with Crippen molar-refractivity contribution in [2.75, 3.05) is 20.2 Å². The Morgan fingerprint density at radius 1 is 1.41 bits per heavy atom. The number of nitrogens with zero attached hydrogens (tertiary/aromatic N) is 4. The van der Waals surface area contributed by atoms with E-state index in [0.29, 0.717) is 6.54 Å². The van der Waals surface area contributed by atoms with Crippen LogP contribution in [0.1, 0.15) is 34.8 Å². The number of hydrogen-bond donors (Lipinski definition) is 0. The molecule has 0 spiro atoms. The first-order chi connectivity index (χ1) is 10.7. The van der Waals surface area contributed by atoms with E-state index in [1.807, 2.05) is 34.7 Å². The Labute approximate surface area is 129 Å². The van der Waals surface area contributed by atoms with Crippen LogP contribution in [0.25, 0.3) is 0 Å². The Bertz CT molecular complexity index is 654. The Balaban J connectivity index is 1.77. The molecule has 1 saturated heterocycles. The monoisotopic (exact) mass is 300 g/mol. The highest BCUT2D eigenvalue weighted by Gasteiger charge is 2.26. The van der Waals surface area contributed by atoms with Gasteiger partial charge in [-0.3, -0.25) is 4.79 Å². The van der Waals surface area contributed by atoms with E-state index in [1.54, 1.807) is 13.4 Å². The molecule has 3 rings (SSSR count). The number of amides is 1. The summed E-state index contributed by atoms with van der Waals surface area (Å²) in [5.74, 6) is 0.846. The van der Waals surface area contributed by atoms with Crippen molar-refractivity contribution in [1.82, 2.24) is 19.7 Å². The Morgan fingerprint density at radius 3 is 2.95 bits per heavy atom. The van der Waals surface area contributed by atoms with Crippen LogP contribution in [-0.2, 0) is 0 Å². The fourth-order valence-electron chi connectivity index (χ4n) is 2.93. The van der Waals surface area contributed by atoms with Gasteiger partial charge in [-0.15, -0.1) is 0 Å². The molecule has 6 nitrogen and oxygen atoms in total. The van der Waals surface area contributed by atoms with Gasteiger partial charge in [-0.1, -0.05) is 0 Å². The normalized spacial score (nSPS) is 18.3. The van der Waals surface area contributed by atoms with Gasteiger partial charge in [0, 0.05) is 18.7 Å². The molecule has 116 valence electrons. The predicted molar refractivity (Wildman–Crippen MR) is 81.9 cm³/mol. The van der Waals surface area contributed by atoms with Gasteiger partial charge in [-0.25, -0.2) is 9.67 Å². The van der Waals surface area contributed by atoms with Gasteiger partial charge >= 0.3 is 0 Å². The fraction of sp³-hybridized carbons (Fsp3) is 0.438. The van der Waals surface area contributed by atoms with Crippen LogP contribution in [0.2, 0.25) is 0 Å². The maximum absolute atomic E-state index is 12.8. The number of hydrogen-bond acceptors (Lipinski definition) is 4. The molecular formula is C16H20N4O2. The Morgan fingerprint density at radius 2 is 2.27 bits per heavy atom. The summed E-state index contributed by atoms with van der Waals surface area (Å²) >= 11 is 0. The average molecular weight is 300 g/mol. The fourth-order valence-corrected chi connectivity index (χ4v) is 2.93. The van der Waals surface area contributed by atoms with E-state index in [9.17, 15) is 4.79 Å². The molecule has 0 saturated carbocycles. The lowest BCUT2D eigenvalue weighted by atomic mass is 10.0. The number of carbonyl (C=O) groups is 1. The molecule has 1 amide bonds. The smallest absolute Gasteiger partial charge is 0.254 e. The summed E-state index contributed by atoms with van der Waals surface area (Å²) < 4.78 is 7.05. The number of carbonyl (C=O) groups excluding carboxylic acids is 1. The maximum atomic E-state index is 12.8. The van der Waals surface area contributed by atoms with Crippen LogP contribution < -0.4 is 4.74 Å². The molecule has 6 heteroatoms. The lowest BCUT2D eigenvalue weighted by molar-refractivity contribution is 0.0672. The summed E-state index contributed by atoms with van der Waals surface area (Å²) in [5, 5.41) is 4.20. The summed E-state index contributed by atoms with van der Waals surface area (Å²) in [7, 11) is 1.63. The van der Waals surface area contributed by atoms with Gasteiger partial charge in [0.05, 0.1) is 13.2 Å². The van der Waals surface area contributed by atoms with Gasteiger partial charge in [0.2, 0.25) is 0 Å². The van der Waals surface area contributed by atoms with Gasteiger partial charge in [0.15, 0.2) is 0 Å². The molecule has 0 radical (unpaired) electrons. The summed E-state index contributed by atoms with van der Waals surface area (Å²) in [4.78, 5) is 18.7. The van der Waals surface area contributed by atoms with Crippen molar-refractivity contribution in [2.45, 2.75) is 25.8 Å². The molecule has 0 aliphatic carbocycles. The van der Waals surface area contributed by atoms with Crippen LogP contribution in [0, 0.1) is 6.92 Å². The number of aromatic nitrogens is 3. The standard InChI is InChI=1S/C16H20N4O2/c1-12-8-14(22-2)5-6-15(12)16(21)19-7-3-4-13(9-19)20-11-17-10-18-20/h5-6,8,10-11,13H,3-4,7,9H2,1-2H3/t13-/m1/s1. The van der Waals surface area contributed by atoms with E-state index < -0.39 is 0 Å². The molecule has 0 bridgehead atoms. The minimum Gasteiger partial charge on any atom is -0.497 e. The number of aryl methyl sites for hydroxylation is 1. The van der Waals surface area contributed by atoms with E-state index in [4.69, 9.17) is 4.74 Å². The van der Waals surface area contributed by atoms with Gasteiger partial charge in [0.1, 0.15) is 18.4 Å². The van der Waals surface area contributed by atoms with Crippen LogP contribution in [0.4, 0.5) is 0 Å². The number of ether oxygens (including phenoxy) is 1. The minimum atomic E-state index is 0.0740. The molecule has 0 N–H and O–H groups in total. The first kappa shape index (κ1) is 14.6. The number of methoxy groups -OCH3 is 1. The minimum absolute atomic E-state index is 0.0740. The lowest BCUT2D eigenvalue weighted by Crippen LogP contribution is -2.41. The molecule has 0 unspecified atom stereocenters. The first-order valence-electron chi connectivity index (χ1n) is 7.47. The Kier molecular flexibility index (Phi) is 4.09. The molecule has 1 fully saturated rings. The van der Waals surface area contributed by atoms with Crippen molar-refractivity contribution in [3.05, 3.63) is 42.0 Å². The number of benzene rings is 1. The van der Waals surface area contributed by atoms with Crippen molar-refractivity contribution in [2.24, 2.45) is 0 Å². The lowest BCUT2D eigenvalue weighted by Gasteiger charge is -2.33. The first-order valence-corrected chi connectivity index (χ1v) is 7.47. The SMILES string of the molecule is COc1ccc(C(=O)N2CCC[C@@H](n3cncn3)C2)c(C)c1. The molecule has 2 aromatic rings. The second-order valence-corrected chi connectivity index (χ2v) is 5.60. The topological polar surface area (TPSA) is 60.2 Å². The molecule has 1 aliphatic heterocycles. The summed E-state index contributed by atoms with van der Waals surface area (Å²) in [6.07, 6.45) is 5.26. The van der Waals surface area contributed by atoms with Gasteiger partial charge in [-0.2, -0.15) is 5.10 Å². The zero-order valence-corrected chi connectivity index (χ0v) is 12.9. The number of likely N-dealkylation sites (tertiary alicyclic amines) is 1. The molecule has 2 heterocycles. The second kappa shape index (κ2) is 6.17. The Hall–Kier alpha value is -2.37. The van der Waals surface area contributed by atoms with E-state index >= 15 is 0 Å². The van der Waals surface area contributed by atoms with Gasteiger partial charge in [0.25, 0.3) is 5.91 Å². The van der Waals surface area contributed by atoms with E-state index in [1.165, 1.54) is 6.33 Å². The van der Waals surface area contributed by atoms with Crippen molar-refractivity contribution in [3.8, 4) is 5.75 Å². The van der Waals surface area contributed by atoms with E-state index in [0.717, 1.165) is 36.3 Å². The summed E-state index contributed by atoms with van der Waals surface area (Å²) in [5.41, 5.74) is 1.67. The van der Waals surface area contributed by atoms with Crippen LogP contribution in [0.15, 0.2) is 30.9 Å². The third kappa shape index (κ3) is 2.81. The van der Waals surface area contributed by atoms with Crippen molar-refractivity contribution < 1.29 is 9.53 Å². The highest BCUT2D eigenvalue weighted by Crippen LogP contribution is 2.24. The van der Waals surface area contributed by atoms with Crippen LogP contribution in [-0.4, -0.2) is 45.8 Å². The molecular weight excluding hydrogens is 280 g/mol. The largest absolute Gasteiger partial charge is 0.497 e. The number of piperidine rings is 1. The van der Waals surface area contributed by atoms with Crippen molar-refractivity contribution in [3.63, 3.8) is 0 Å². The average Bonchev–Trinajstić information content (AvgIpc) is 3.09. The molecule has 22 heavy (non-hydrogen) atoms. The van der Waals surface area contributed by atoms with E-state index in [-0.39, 0.29) is 11.9 Å². The maximum Gasteiger partial charge on any atom is 0.254 e. The van der Waals surface area contributed by atoms with Crippen LogP contribution in [0.3, 0.4) is 0 Å². The van der Waals surface area contributed by atoms with Gasteiger partial charge < -0.3 is 9.64 Å². The molecule has 1 aliphatic rings. The van der Waals surface area contributed by atoms with Gasteiger partial charge in [-0.05, 0) is 43.5 Å². The second-order valence-electron chi connectivity index (χ2n) is 5.60. The van der Waals surface area contributed by atoms with Crippen molar-refractivity contribution in [1.29, 1.82) is 0 Å². The van der Waals surface area contributed by atoms with E-state index in [2.05, 4.69) is 10.1 Å². The van der Waals surface area contributed by atoms with Crippen molar-refractivity contribution >= 4 is 5.91 Å². The third-order valence-corrected chi connectivity index (χ3v) is 4.16. The molecule has 1 aromatic carbocycles. The zero-order chi connectivity index (χ0) is 15.5. The summed E-state index contributed by atoms with van der Waals surface area (Å²) in [6.45, 7) is 3.40. The number of rotatable bonds is 3. The van der Waals surface area contributed by atoms with Crippen LogP contribution in [0.5, 0.6) is 5.75 Å². The highest BCUT2D eigenvalue weighted by atomic mass is 16.5. The highest BCUT2D eigenvalue weighted by molar-refractivity contribution is 5.95.